The Morgan fingerprint density at radius 2 is 1.79 bits per heavy atom. The molecule has 0 fully saturated rings. The van der Waals surface area contributed by atoms with E-state index < -0.39 is 28.5 Å². The van der Waals surface area contributed by atoms with Crippen molar-refractivity contribution in [1.29, 1.82) is 0 Å². The van der Waals surface area contributed by atoms with E-state index in [0.717, 1.165) is 37.7 Å². The van der Waals surface area contributed by atoms with Crippen LogP contribution in [0.5, 0.6) is 0 Å². The maximum atomic E-state index is 11.9. The Hall–Kier alpha value is -1.47. The summed E-state index contributed by atoms with van der Waals surface area (Å²) < 4.78 is 5.07. The number of amides is 1. The molecule has 0 spiro atoms. The molecular weight excluding hydrogens is 370 g/mol. The molecule has 0 radical (unpaired) electrons. The summed E-state index contributed by atoms with van der Waals surface area (Å²) in [7, 11) is 0. The average Bonchev–Trinajstić information content (AvgIpc) is 2.63. The van der Waals surface area contributed by atoms with E-state index in [2.05, 4.69) is 13.8 Å². The van der Waals surface area contributed by atoms with E-state index in [-0.39, 0.29) is 13.0 Å². The molecule has 0 heterocycles. The molecule has 0 aliphatic heterocycles. The number of quaternary nitrogens is 1. The number of rotatable bonds is 11. The van der Waals surface area contributed by atoms with E-state index in [9.17, 15) is 20.2 Å². The van der Waals surface area contributed by atoms with Gasteiger partial charge in [-0.15, -0.1) is 0 Å². The zero-order valence-corrected chi connectivity index (χ0v) is 18.7. The van der Waals surface area contributed by atoms with E-state index in [0.29, 0.717) is 12.0 Å². The molecule has 6 heteroatoms. The first kappa shape index (κ1) is 25.6. The number of aliphatic hydroxyl groups is 2. The predicted molar refractivity (Wildman–Crippen MR) is 115 cm³/mol. The number of hydrogen-bond donors (Lipinski definition) is 3. The van der Waals surface area contributed by atoms with Crippen LogP contribution in [0.1, 0.15) is 90.4 Å². The third kappa shape index (κ3) is 9.72. The van der Waals surface area contributed by atoms with Gasteiger partial charge in [0.05, 0.1) is 18.2 Å². The summed E-state index contributed by atoms with van der Waals surface area (Å²) in [6.07, 6.45) is 3.36. The van der Waals surface area contributed by atoms with Gasteiger partial charge < -0.3 is 20.2 Å². The van der Waals surface area contributed by atoms with Gasteiger partial charge in [-0.2, -0.15) is 4.79 Å². The van der Waals surface area contributed by atoms with E-state index in [1.165, 1.54) is 0 Å². The van der Waals surface area contributed by atoms with Crippen molar-refractivity contribution in [1.82, 2.24) is 0 Å². The van der Waals surface area contributed by atoms with Crippen LogP contribution < -0.4 is 5.06 Å². The molecule has 6 nitrogen and oxygen atoms in total. The fourth-order valence-electron chi connectivity index (χ4n) is 3.51. The highest BCUT2D eigenvalue weighted by molar-refractivity contribution is 5.57. The van der Waals surface area contributed by atoms with Crippen molar-refractivity contribution in [3.05, 3.63) is 40.6 Å². The van der Waals surface area contributed by atoms with Gasteiger partial charge in [0, 0.05) is 6.42 Å². The molecule has 29 heavy (non-hydrogen) atoms. The lowest BCUT2D eigenvalue weighted by Crippen LogP contribution is -3.10. The molecule has 1 amide bonds. The van der Waals surface area contributed by atoms with Gasteiger partial charge in [0.15, 0.2) is 0 Å². The topological polar surface area (TPSA) is 94.3 Å². The van der Waals surface area contributed by atoms with Crippen molar-refractivity contribution in [2.45, 2.75) is 96.9 Å². The summed E-state index contributed by atoms with van der Waals surface area (Å²) in [6, 6.07) is 7.60. The molecule has 0 saturated heterocycles. The molecule has 2 unspecified atom stereocenters. The first-order chi connectivity index (χ1) is 13.5. The first-order valence-corrected chi connectivity index (χ1v) is 10.7. The number of hydrogen-bond acceptors (Lipinski definition) is 5. The largest absolute Gasteiger partial charge is 0.624 e. The Morgan fingerprint density at radius 3 is 2.34 bits per heavy atom. The summed E-state index contributed by atoms with van der Waals surface area (Å²) in [5.41, 5.74) is 0.412. The Bertz CT molecular complexity index is 620. The Labute approximate surface area is 175 Å². The van der Waals surface area contributed by atoms with Crippen molar-refractivity contribution >= 4 is 6.09 Å². The minimum Gasteiger partial charge on any atom is -0.624 e. The van der Waals surface area contributed by atoms with E-state index >= 15 is 0 Å². The van der Waals surface area contributed by atoms with Crippen LogP contribution >= 0.6 is 0 Å². The number of carbonyl (C=O) groups is 1. The van der Waals surface area contributed by atoms with Gasteiger partial charge in [0.25, 0.3) is 0 Å². The monoisotopic (exact) mass is 409 g/mol. The molecule has 166 valence electrons. The minimum absolute atomic E-state index is 0.0624. The second-order valence-corrected chi connectivity index (χ2v) is 8.95. The molecule has 0 aromatic heterocycles. The lowest BCUT2D eigenvalue weighted by molar-refractivity contribution is -0.770. The maximum absolute atomic E-state index is 11.9. The molecule has 3 N–H and O–H groups in total. The Morgan fingerprint density at radius 1 is 1.17 bits per heavy atom. The molecular formula is C23H39NO5. The van der Waals surface area contributed by atoms with E-state index in [4.69, 9.17) is 4.74 Å². The number of aryl methyl sites for hydroxylation is 1. The number of benzene rings is 1. The Kier molecular flexibility index (Phi) is 10.3. The number of alkyl carbamates (subject to hydrolysis) is 1. The third-order valence-corrected chi connectivity index (χ3v) is 4.92. The SMILES string of the molecule is CCCC(O)(CCC)CCc1cccc(C(O)CC[NH+]([O-])C(=O)OC(C)(C)C)c1. The highest BCUT2D eigenvalue weighted by Gasteiger charge is 2.25. The second-order valence-electron chi connectivity index (χ2n) is 8.95. The molecule has 1 aromatic carbocycles. The summed E-state index contributed by atoms with van der Waals surface area (Å²) in [6.45, 7) is 9.22. The first-order valence-electron chi connectivity index (χ1n) is 10.7. The summed E-state index contributed by atoms with van der Waals surface area (Å²) in [5.74, 6) is 0. The average molecular weight is 410 g/mol. The summed E-state index contributed by atoms with van der Waals surface area (Å²) in [4.78, 5) is 11.8. The lowest BCUT2D eigenvalue weighted by Gasteiger charge is -2.27. The number of aliphatic hydroxyl groups excluding tert-OH is 1. The number of hydroxylamine groups is 2. The van der Waals surface area contributed by atoms with Crippen LogP contribution in [0.25, 0.3) is 0 Å². The lowest BCUT2D eigenvalue weighted by atomic mass is 9.86. The van der Waals surface area contributed by atoms with Crippen molar-refractivity contribution in [2.75, 3.05) is 6.54 Å². The molecule has 1 rings (SSSR count). The second kappa shape index (κ2) is 11.6. The summed E-state index contributed by atoms with van der Waals surface area (Å²) in [5, 5.41) is 32.6. The maximum Gasteiger partial charge on any atom is 0.514 e. The van der Waals surface area contributed by atoms with Crippen molar-refractivity contribution < 1.29 is 24.8 Å². The van der Waals surface area contributed by atoms with Gasteiger partial charge >= 0.3 is 6.09 Å². The van der Waals surface area contributed by atoms with E-state index in [1.807, 2.05) is 24.3 Å². The highest BCUT2D eigenvalue weighted by Crippen LogP contribution is 2.26. The molecule has 1 aromatic rings. The van der Waals surface area contributed by atoms with Crippen molar-refractivity contribution in [3.63, 3.8) is 0 Å². The van der Waals surface area contributed by atoms with Gasteiger partial charge in [-0.3, -0.25) is 5.06 Å². The minimum atomic E-state index is -0.857. The van der Waals surface area contributed by atoms with Crippen LogP contribution in [0.3, 0.4) is 0 Å². The zero-order chi connectivity index (χ0) is 22.1. The normalized spacial score (nSPS) is 14.5. The third-order valence-electron chi connectivity index (χ3n) is 4.92. The number of nitrogens with one attached hydrogen (secondary N) is 1. The van der Waals surface area contributed by atoms with Crippen molar-refractivity contribution in [2.24, 2.45) is 0 Å². The molecule has 0 saturated carbocycles. The smallest absolute Gasteiger partial charge is 0.514 e. The quantitative estimate of drug-likeness (QED) is 0.485. The molecule has 0 aliphatic carbocycles. The molecule has 2 atom stereocenters. The van der Waals surface area contributed by atoms with Gasteiger partial charge in [0.1, 0.15) is 5.60 Å². The molecule has 0 bridgehead atoms. The van der Waals surface area contributed by atoms with Crippen LogP contribution in [-0.2, 0) is 11.2 Å². The van der Waals surface area contributed by atoms with Gasteiger partial charge in [-0.05, 0) is 57.6 Å². The number of carbonyl (C=O) groups excluding carboxylic acids is 1. The van der Waals surface area contributed by atoms with Crippen LogP contribution in [0.2, 0.25) is 0 Å². The van der Waals surface area contributed by atoms with Crippen LogP contribution in [-0.4, -0.2) is 34.1 Å². The van der Waals surface area contributed by atoms with Crippen LogP contribution in [0, 0.1) is 5.21 Å². The fraction of sp³-hybridized carbons (Fsp3) is 0.696. The highest BCUT2D eigenvalue weighted by atomic mass is 16.6. The fourth-order valence-corrected chi connectivity index (χ4v) is 3.51. The number of ether oxygens (including phenoxy) is 1. The Balaban J connectivity index is 2.63. The van der Waals surface area contributed by atoms with Gasteiger partial charge in [-0.25, -0.2) is 0 Å². The van der Waals surface area contributed by atoms with Gasteiger partial charge in [-0.1, -0.05) is 51.0 Å². The molecule has 0 aliphatic rings. The van der Waals surface area contributed by atoms with Crippen molar-refractivity contribution in [3.8, 4) is 0 Å². The van der Waals surface area contributed by atoms with Crippen LogP contribution in [0.15, 0.2) is 24.3 Å². The predicted octanol–water partition coefficient (Wildman–Crippen LogP) is 3.69. The summed E-state index contributed by atoms with van der Waals surface area (Å²) >= 11 is 0. The van der Waals surface area contributed by atoms with Gasteiger partial charge in [0.2, 0.25) is 0 Å². The standard InChI is InChI=1S/C23H39NO5/c1-6-13-23(27,14-7-2)15-11-18-9-8-10-19(17-18)20(25)12-16-24(28)21(26)29-22(3,4)5/h8-10,17,20,24-25,27H,6-7,11-16H2,1-5H3. The van der Waals surface area contributed by atoms with E-state index in [1.54, 1.807) is 20.8 Å². The zero-order valence-electron chi connectivity index (χ0n) is 18.7. The van der Waals surface area contributed by atoms with Crippen LogP contribution in [0.4, 0.5) is 4.79 Å².